The van der Waals surface area contributed by atoms with Crippen molar-refractivity contribution >= 4 is 23.2 Å². The number of aromatic amines is 1. The lowest BCUT2D eigenvalue weighted by atomic mass is 10.1. The molecule has 0 fully saturated rings. The van der Waals surface area contributed by atoms with Gasteiger partial charge in [-0.25, -0.2) is 26.7 Å². The second-order valence-electron chi connectivity index (χ2n) is 6.44. The standard InChI is InChI=1S/C19H14ClF5N4O4/c20-9-2-1-3-10(22)16(9)27-18(31)8-4-11(23)12(29-19(32)26-15(7-30)28-29)5-13(8)33-14(6-21)17(24)25/h1-5,14,17,30H,6-7H2,(H,27,31)(H,26,28,32)/t14-/m0/s1. The number of carbonyl (C=O) groups is 1. The zero-order chi connectivity index (χ0) is 24.3. The van der Waals surface area contributed by atoms with Crippen molar-refractivity contribution in [2.24, 2.45) is 0 Å². The maximum atomic E-state index is 14.8. The van der Waals surface area contributed by atoms with Gasteiger partial charge in [-0.15, -0.1) is 5.10 Å². The normalized spacial score (nSPS) is 12.1. The van der Waals surface area contributed by atoms with Crippen LogP contribution in [0.25, 0.3) is 5.69 Å². The molecule has 0 spiro atoms. The van der Waals surface area contributed by atoms with Gasteiger partial charge in [-0.3, -0.25) is 9.78 Å². The zero-order valence-electron chi connectivity index (χ0n) is 16.3. The third kappa shape index (κ3) is 5.14. The first-order valence-electron chi connectivity index (χ1n) is 9.05. The Morgan fingerprint density at radius 3 is 2.58 bits per heavy atom. The number of hydrogen-bond acceptors (Lipinski definition) is 5. The number of aromatic nitrogens is 3. The van der Waals surface area contributed by atoms with Gasteiger partial charge in [0.1, 0.15) is 36.4 Å². The fraction of sp³-hybridized carbons (Fsp3) is 0.211. The van der Waals surface area contributed by atoms with Crippen LogP contribution in [-0.2, 0) is 6.61 Å². The van der Waals surface area contributed by atoms with Gasteiger partial charge in [0, 0.05) is 6.07 Å². The highest BCUT2D eigenvalue weighted by Gasteiger charge is 2.27. The molecule has 33 heavy (non-hydrogen) atoms. The summed E-state index contributed by atoms with van der Waals surface area (Å²) in [6.07, 6.45) is -5.66. The summed E-state index contributed by atoms with van der Waals surface area (Å²) in [6, 6.07) is 4.66. The molecular weight excluding hydrogens is 479 g/mol. The highest BCUT2D eigenvalue weighted by molar-refractivity contribution is 6.34. The summed E-state index contributed by atoms with van der Waals surface area (Å²) < 4.78 is 73.4. The Balaban J connectivity index is 2.11. The average Bonchev–Trinajstić information content (AvgIpc) is 3.15. The Morgan fingerprint density at radius 1 is 1.27 bits per heavy atom. The highest BCUT2D eigenvalue weighted by Crippen LogP contribution is 2.30. The van der Waals surface area contributed by atoms with Gasteiger partial charge in [-0.2, -0.15) is 4.68 Å². The Morgan fingerprint density at radius 2 is 2.00 bits per heavy atom. The number of anilines is 1. The lowest BCUT2D eigenvalue weighted by molar-refractivity contribution is -0.00158. The third-order valence-corrected chi connectivity index (χ3v) is 4.56. The number of para-hydroxylation sites is 1. The average molecular weight is 493 g/mol. The van der Waals surface area contributed by atoms with Crippen LogP contribution in [0.4, 0.5) is 27.6 Å². The molecule has 0 unspecified atom stereocenters. The zero-order valence-corrected chi connectivity index (χ0v) is 17.0. The summed E-state index contributed by atoms with van der Waals surface area (Å²) in [5.74, 6) is -4.39. The predicted molar refractivity (Wildman–Crippen MR) is 106 cm³/mol. The Hall–Kier alpha value is -3.45. The molecule has 176 valence electrons. The van der Waals surface area contributed by atoms with Crippen molar-refractivity contribution < 1.29 is 36.6 Å². The van der Waals surface area contributed by atoms with Crippen LogP contribution in [0.15, 0.2) is 35.1 Å². The predicted octanol–water partition coefficient (Wildman–Crippen LogP) is 3.22. The molecule has 1 aromatic heterocycles. The number of carbonyl (C=O) groups excluding carboxylic acids is 1. The first kappa shape index (κ1) is 24.2. The van der Waals surface area contributed by atoms with Crippen molar-refractivity contribution in [1.82, 2.24) is 14.8 Å². The third-order valence-electron chi connectivity index (χ3n) is 4.25. The highest BCUT2D eigenvalue weighted by atomic mass is 35.5. The van der Waals surface area contributed by atoms with E-state index in [4.69, 9.17) is 21.4 Å². The van der Waals surface area contributed by atoms with Crippen molar-refractivity contribution in [3.63, 3.8) is 0 Å². The molecule has 1 amide bonds. The number of ether oxygens (including phenoxy) is 1. The molecule has 3 rings (SSSR count). The summed E-state index contributed by atoms with van der Waals surface area (Å²) in [5.41, 5.74) is -2.86. The van der Waals surface area contributed by atoms with Crippen LogP contribution in [0.5, 0.6) is 5.75 Å². The number of H-pyrrole nitrogens is 1. The van der Waals surface area contributed by atoms with E-state index in [9.17, 15) is 31.5 Å². The van der Waals surface area contributed by atoms with Crippen LogP contribution in [0.2, 0.25) is 5.02 Å². The number of benzene rings is 2. The summed E-state index contributed by atoms with van der Waals surface area (Å²) in [4.78, 5) is 26.8. The van der Waals surface area contributed by atoms with Gasteiger partial charge < -0.3 is 15.2 Å². The van der Waals surface area contributed by atoms with E-state index < -0.39 is 71.7 Å². The van der Waals surface area contributed by atoms with E-state index >= 15 is 0 Å². The largest absolute Gasteiger partial charge is 0.481 e. The number of rotatable bonds is 8. The number of nitrogens with one attached hydrogen (secondary N) is 2. The molecule has 1 atom stereocenters. The topological polar surface area (TPSA) is 109 Å². The maximum Gasteiger partial charge on any atom is 0.348 e. The fourth-order valence-electron chi connectivity index (χ4n) is 2.69. The molecule has 0 saturated carbocycles. The van der Waals surface area contributed by atoms with Gasteiger partial charge in [-0.05, 0) is 18.2 Å². The van der Waals surface area contributed by atoms with Crippen molar-refractivity contribution in [3.05, 3.63) is 68.9 Å². The Labute approximate surface area is 186 Å². The molecule has 0 aliphatic heterocycles. The van der Waals surface area contributed by atoms with E-state index in [2.05, 4.69) is 15.4 Å². The molecule has 0 aliphatic carbocycles. The van der Waals surface area contributed by atoms with E-state index in [1.54, 1.807) is 0 Å². The van der Waals surface area contributed by atoms with Gasteiger partial charge in [0.25, 0.3) is 12.3 Å². The van der Waals surface area contributed by atoms with Gasteiger partial charge >= 0.3 is 5.69 Å². The molecule has 14 heteroatoms. The van der Waals surface area contributed by atoms with Crippen molar-refractivity contribution in [1.29, 1.82) is 0 Å². The molecule has 3 aromatic rings. The molecule has 0 saturated heterocycles. The number of halogens is 6. The summed E-state index contributed by atoms with van der Waals surface area (Å²) >= 11 is 5.84. The Kier molecular flexibility index (Phi) is 7.33. The van der Waals surface area contributed by atoms with Gasteiger partial charge in [-0.1, -0.05) is 17.7 Å². The molecule has 0 aliphatic rings. The van der Waals surface area contributed by atoms with E-state index in [0.29, 0.717) is 16.8 Å². The minimum absolute atomic E-state index is 0.211. The second-order valence-corrected chi connectivity index (χ2v) is 6.85. The van der Waals surface area contributed by atoms with E-state index in [1.165, 1.54) is 12.1 Å². The van der Waals surface area contributed by atoms with Crippen molar-refractivity contribution in [3.8, 4) is 11.4 Å². The maximum absolute atomic E-state index is 14.8. The van der Waals surface area contributed by atoms with Crippen LogP contribution in [0.3, 0.4) is 0 Å². The summed E-state index contributed by atoms with van der Waals surface area (Å²) in [5, 5.41) is 14.5. The fourth-order valence-corrected chi connectivity index (χ4v) is 2.90. The smallest absolute Gasteiger partial charge is 0.348 e. The van der Waals surface area contributed by atoms with E-state index in [-0.39, 0.29) is 10.8 Å². The minimum atomic E-state index is -3.32. The van der Waals surface area contributed by atoms with Crippen LogP contribution in [0.1, 0.15) is 16.2 Å². The SMILES string of the molecule is O=C(Nc1c(F)cccc1Cl)c1cc(F)c(-n2nc(CO)[nH]c2=O)cc1O[C@@H](CF)C(F)F. The lowest BCUT2D eigenvalue weighted by Crippen LogP contribution is -2.29. The summed E-state index contributed by atoms with van der Waals surface area (Å²) in [6.45, 7) is -2.37. The van der Waals surface area contributed by atoms with Gasteiger partial charge in [0.15, 0.2) is 11.9 Å². The second kappa shape index (κ2) is 10.0. The first-order chi connectivity index (χ1) is 15.7. The molecule has 2 aromatic carbocycles. The molecule has 8 nitrogen and oxygen atoms in total. The van der Waals surface area contributed by atoms with Crippen LogP contribution in [0, 0.1) is 11.6 Å². The van der Waals surface area contributed by atoms with Crippen molar-refractivity contribution in [2.75, 3.05) is 12.0 Å². The molecule has 3 N–H and O–H groups in total. The number of aliphatic hydroxyl groups is 1. The minimum Gasteiger partial charge on any atom is -0.481 e. The molecular formula is C19H14ClF5N4O4. The molecule has 0 radical (unpaired) electrons. The number of aliphatic hydroxyl groups excluding tert-OH is 1. The Bertz CT molecular complexity index is 1210. The van der Waals surface area contributed by atoms with Gasteiger partial charge in [0.2, 0.25) is 0 Å². The molecule has 0 bridgehead atoms. The first-order valence-corrected chi connectivity index (χ1v) is 9.43. The number of amides is 1. The number of nitrogens with zero attached hydrogens (tertiary/aromatic N) is 2. The number of hydrogen-bond donors (Lipinski definition) is 3. The van der Waals surface area contributed by atoms with Crippen molar-refractivity contribution in [2.45, 2.75) is 19.1 Å². The van der Waals surface area contributed by atoms with E-state index in [1.807, 2.05) is 0 Å². The van der Waals surface area contributed by atoms with Crippen LogP contribution < -0.4 is 15.7 Å². The lowest BCUT2D eigenvalue weighted by Gasteiger charge is -2.19. The monoisotopic (exact) mass is 492 g/mol. The van der Waals surface area contributed by atoms with Crippen LogP contribution >= 0.6 is 11.6 Å². The summed E-state index contributed by atoms with van der Waals surface area (Å²) in [7, 11) is 0. The quantitative estimate of drug-likeness (QED) is 0.418. The number of alkyl halides is 3. The van der Waals surface area contributed by atoms with Crippen LogP contribution in [-0.4, -0.2) is 45.0 Å². The molecule has 1 heterocycles. The van der Waals surface area contributed by atoms with E-state index in [0.717, 1.165) is 6.07 Å². The van der Waals surface area contributed by atoms with Gasteiger partial charge in [0.05, 0.1) is 16.3 Å².